The first kappa shape index (κ1) is 11.2. The predicted octanol–water partition coefficient (Wildman–Crippen LogP) is 3.69. The minimum atomic E-state index is -4.38. The fourth-order valence-corrected chi connectivity index (χ4v) is 1.57. The summed E-state index contributed by atoms with van der Waals surface area (Å²) in [4.78, 5) is 11.6. The zero-order valence-electron chi connectivity index (χ0n) is 8.55. The van der Waals surface area contributed by atoms with Gasteiger partial charge in [-0.25, -0.2) is 0 Å². The van der Waals surface area contributed by atoms with Crippen molar-refractivity contribution < 1.29 is 18.0 Å². The highest BCUT2D eigenvalue weighted by molar-refractivity contribution is 5.96. The molecule has 1 nitrogen and oxygen atoms in total. The molecule has 0 saturated heterocycles. The molecule has 1 aliphatic carbocycles. The van der Waals surface area contributed by atoms with Crippen LogP contribution in [0, 0.1) is 5.92 Å². The van der Waals surface area contributed by atoms with Gasteiger partial charge in [0.1, 0.15) is 0 Å². The number of Topliss-reactive ketones (excluding diaryl/α,β-unsaturated/α-hetero) is 1. The molecule has 16 heavy (non-hydrogen) atoms. The molecule has 2 rings (SSSR count). The van der Waals surface area contributed by atoms with Crippen LogP contribution in [-0.4, -0.2) is 5.78 Å². The summed E-state index contributed by atoms with van der Waals surface area (Å²) in [6.45, 7) is 0. The van der Waals surface area contributed by atoms with Crippen LogP contribution in [0.25, 0.3) is 0 Å². The predicted molar refractivity (Wildman–Crippen MR) is 53.1 cm³/mol. The Morgan fingerprint density at radius 2 is 2.00 bits per heavy atom. The van der Waals surface area contributed by atoms with Gasteiger partial charge in [0.2, 0.25) is 0 Å². The molecule has 0 spiro atoms. The highest BCUT2D eigenvalue weighted by atomic mass is 19.4. The standard InChI is InChI=1S/C12H11F3O/c13-12(14,15)10-3-1-2-9(7-10)11(16)6-8-4-5-8/h1-3,7-8H,4-6H2. The molecule has 1 fully saturated rings. The van der Waals surface area contributed by atoms with Gasteiger partial charge in [0.05, 0.1) is 5.56 Å². The molecule has 86 valence electrons. The van der Waals surface area contributed by atoms with Gasteiger partial charge < -0.3 is 0 Å². The van der Waals surface area contributed by atoms with Gasteiger partial charge in [-0.05, 0) is 30.9 Å². The van der Waals surface area contributed by atoms with Crippen LogP contribution in [0.2, 0.25) is 0 Å². The fraction of sp³-hybridized carbons (Fsp3) is 0.417. The molecule has 0 amide bonds. The van der Waals surface area contributed by atoms with E-state index in [1.165, 1.54) is 12.1 Å². The van der Waals surface area contributed by atoms with Crippen molar-refractivity contribution in [3.8, 4) is 0 Å². The molecule has 0 bridgehead atoms. The third-order valence-electron chi connectivity index (χ3n) is 2.68. The van der Waals surface area contributed by atoms with Crippen molar-refractivity contribution >= 4 is 5.78 Å². The number of ketones is 1. The summed E-state index contributed by atoms with van der Waals surface area (Å²) in [5, 5.41) is 0. The molecule has 1 aliphatic rings. The summed E-state index contributed by atoms with van der Waals surface area (Å²) in [5.41, 5.74) is -0.587. The number of rotatable bonds is 3. The monoisotopic (exact) mass is 228 g/mol. The SMILES string of the molecule is O=C(CC1CC1)c1cccc(C(F)(F)F)c1. The van der Waals surface area contributed by atoms with Crippen molar-refractivity contribution in [3.63, 3.8) is 0 Å². The van der Waals surface area contributed by atoms with Crippen molar-refractivity contribution in [2.45, 2.75) is 25.4 Å². The molecular formula is C12H11F3O. The van der Waals surface area contributed by atoms with Crippen molar-refractivity contribution in [2.75, 3.05) is 0 Å². The van der Waals surface area contributed by atoms with Gasteiger partial charge in [0.15, 0.2) is 5.78 Å². The normalized spacial score (nSPS) is 16.2. The van der Waals surface area contributed by atoms with Crippen LogP contribution in [0.3, 0.4) is 0 Å². The van der Waals surface area contributed by atoms with Crippen LogP contribution in [0.1, 0.15) is 35.2 Å². The molecule has 4 heteroatoms. The van der Waals surface area contributed by atoms with Gasteiger partial charge in [-0.2, -0.15) is 13.2 Å². The number of alkyl halides is 3. The summed E-state index contributed by atoms with van der Waals surface area (Å²) in [7, 11) is 0. The summed E-state index contributed by atoms with van der Waals surface area (Å²) in [6, 6.07) is 4.64. The summed E-state index contributed by atoms with van der Waals surface area (Å²) in [5.74, 6) is 0.204. The minimum Gasteiger partial charge on any atom is -0.294 e. The van der Waals surface area contributed by atoms with Crippen molar-refractivity contribution in [1.29, 1.82) is 0 Å². The highest BCUT2D eigenvalue weighted by Crippen LogP contribution is 2.34. The first-order valence-corrected chi connectivity index (χ1v) is 5.17. The Bertz CT molecular complexity index is 405. The molecule has 1 aromatic carbocycles. The Morgan fingerprint density at radius 1 is 1.31 bits per heavy atom. The molecule has 0 unspecified atom stereocenters. The number of hydrogen-bond acceptors (Lipinski definition) is 1. The maximum Gasteiger partial charge on any atom is 0.416 e. The van der Waals surface area contributed by atoms with E-state index in [1.54, 1.807) is 0 Å². The van der Waals surface area contributed by atoms with Crippen LogP contribution in [0.4, 0.5) is 13.2 Å². The molecule has 0 aliphatic heterocycles. The molecule has 0 heterocycles. The van der Waals surface area contributed by atoms with E-state index in [0.717, 1.165) is 25.0 Å². The fourth-order valence-electron chi connectivity index (χ4n) is 1.57. The second-order valence-corrected chi connectivity index (χ2v) is 4.15. The third kappa shape index (κ3) is 2.62. The average molecular weight is 228 g/mol. The summed E-state index contributed by atoms with van der Waals surface area (Å²) < 4.78 is 37.2. The smallest absolute Gasteiger partial charge is 0.294 e. The van der Waals surface area contributed by atoms with E-state index in [4.69, 9.17) is 0 Å². The Morgan fingerprint density at radius 3 is 2.56 bits per heavy atom. The van der Waals surface area contributed by atoms with Gasteiger partial charge >= 0.3 is 6.18 Å². The van der Waals surface area contributed by atoms with Gasteiger partial charge in [-0.1, -0.05) is 12.1 Å². The highest BCUT2D eigenvalue weighted by Gasteiger charge is 2.31. The lowest BCUT2D eigenvalue weighted by atomic mass is 10.0. The molecule has 0 N–H and O–H groups in total. The number of halogens is 3. The van der Waals surface area contributed by atoms with Crippen LogP contribution in [-0.2, 0) is 6.18 Å². The Kier molecular flexibility index (Phi) is 2.74. The molecule has 1 saturated carbocycles. The Labute approximate surface area is 91.3 Å². The average Bonchev–Trinajstić information content (AvgIpc) is 3.00. The Balaban J connectivity index is 2.17. The lowest BCUT2D eigenvalue weighted by Crippen LogP contribution is -2.07. The maximum atomic E-state index is 12.4. The van der Waals surface area contributed by atoms with E-state index in [2.05, 4.69) is 0 Å². The van der Waals surface area contributed by atoms with Crippen LogP contribution < -0.4 is 0 Å². The summed E-state index contributed by atoms with van der Waals surface area (Å²) >= 11 is 0. The van der Waals surface area contributed by atoms with Gasteiger partial charge in [0, 0.05) is 12.0 Å². The van der Waals surface area contributed by atoms with Gasteiger partial charge in [-0.3, -0.25) is 4.79 Å². The maximum absolute atomic E-state index is 12.4. The van der Waals surface area contributed by atoms with Crippen molar-refractivity contribution in [1.82, 2.24) is 0 Å². The van der Waals surface area contributed by atoms with Gasteiger partial charge in [0.25, 0.3) is 0 Å². The van der Waals surface area contributed by atoms with E-state index in [1.807, 2.05) is 0 Å². The van der Waals surface area contributed by atoms with E-state index in [0.29, 0.717) is 12.3 Å². The van der Waals surface area contributed by atoms with E-state index < -0.39 is 11.7 Å². The van der Waals surface area contributed by atoms with Crippen LogP contribution in [0.15, 0.2) is 24.3 Å². The number of carbonyl (C=O) groups excluding carboxylic acids is 1. The number of hydrogen-bond donors (Lipinski definition) is 0. The quantitative estimate of drug-likeness (QED) is 0.721. The van der Waals surface area contributed by atoms with Crippen LogP contribution >= 0.6 is 0 Å². The molecule has 0 radical (unpaired) electrons. The number of benzene rings is 1. The van der Waals surface area contributed by atoms with E-state index in [-0.39, 0.29) is 11.3 Å². The molecule has 0 aromatic heterocycles. The van der Waals surface area contributed by atoms with Crippen molar-refractivity contribution in [2.24, 2.45) is 5.92 Å². The van der Waals surface area contributed by atoms with Gasteiger partial charge in [-0.15, -0.1) is 0 Å². The molecular weight excluding hydrogens is 217 g/mol. The van der Waals surface area contributed by atoms with E-state index >= 15 is 0 Å². The second kappa shape index (κ2) is 3.92. The Hall–Kier alpha value is -1.32. The molecule has 0 atom stereocenters. The lowest BCUT2D eigenvalue weighted by Gasteiger charge is -2.07. The van der Waals surface area contributed by atoms with Crippen molar-refractivity contribution in [3.05, 3.63) is 35.4 Å². The second-order valence-electron chi connectivity index (χ2n) is 4.15. The molecule has 1 aromatic rings. The van der Waals surface area contributed by atoms with Crippen LogP contribution in [0.5, 0.6) is 0 Å². The lowest BCUT2D eigenvalue weighted by molar-refractivity contribution is -0.137. The topological polar surface area (TPSA) is 17.1 Å². The first-order chi connectivity index (χ1) is 7.47. The summed E-state index contributed by atoms with van der Waals surface area (Å²) in [6.07, 6.45) is -1.97. The van der Waals surface area contributed by atoms with E-state index in [9.17, 15) is 18.0 Å². The largest absolute Gasteiger partial charge is 0.416 e. The third-order valence-corrected chi connectivity index (χ3v) is 2.68. The zero-order valence-corrected chi connectivity index (χ0v) is 8.55. The minimum absolute atomic E-state index is 0.168. The first-order valence-electron chi connectivity index (χ1n) is 5.17. The zero-order chi connectivity index (χ0) is 11.8. The number of carbonyl (C=O) groups is 1.